The molecule has 2 amide bonds. The van der Waals surface area contributed by atoms with Gasteiger partial charge in [0.05, 0.1) is 210 Å². The number of carbonyl (C=O) groups is 4. The van der Waals surface area contributed by atoms with E-state index in [9.17, 15) is 27.6 Å². The number of halogens is 1. The number of amides is 2. The second-order valence-electron chi connectivity index (χ2n) is 23.6. The Labute approximate surface area is 592 Å². The highest BCUT2D eigenvalue weighted by Gasteiger charge is 2.24. The van der Waals surface area contributed by atoms with E-state index in [1.807, 2.05) is 48.5 Å². The number of rotatable bonds is 51. The maximum Gasteiger partial charge on any atom is 0.519 e. The lowest BCUT2D eigenvalue weighted by molar-refractivity contribution is -0.0294. The first-order chi connectivity index (χ1) is 46.8. The second kappa shape index (κ2) is 72.0. The van der Waals surface area contributed by atoms with Crippen molar-refractivity contribution in [3.05, 3.63) is 39.8 Å². The molecule has 99 heavy (non-hydrogen) atoms. The molecule has 1 aromatic carbocycles. The number of hydrogen-bond acceptors (Lipinski definition) is 31. The number of carbonyl (C=O) groups excluding carboxylic acids is 4. The third kappa shape index (κ3) is 97.8. The zero-order chi connectivity index (χ0) is 75.8. The smallest absolute Gasteiger partial charge is 0.444 e. The van der Waals surface area contributed by atoms with Gasteiger partial charge in [-0.15, -0.1) is 0 Å². The predicted molar refractivity (Wildman–Crippen MR) is 369 cm³/mol. The minimum atomic E-state index is -3.55. The normalized spacial score (nSPS) is 11.3. The van der Waals surface area contributed by atoms with Crippen molar-refractivity contribution in [2.75, 3.05) is 231 Å². The molecular weight excluding hydrogens is 1360 g/mol. The van der Waals surface area contributed by atoms with Crippen LogP contribution in [0.15, 0.2) is 29.2 Å². The van der Waals surface area contributed by atoms with Crippen molar-refractivity contribution >= 4 is 44.2 Å². The van der Waals surface area contributed by atoms with Crippen LogP contribution in [0.2, 0.25) is 0 Å². The van der Waals surface area contributed by atoms with Gasteiger partial charge in [0.1, 0.15) is 22.4 Å². The fourth-order valence-corrected chi connectivity index (χ4v) is 6.46. The molecule has 0 aliphatic rings. The molecule has 0 aliphatic heterocycles. The van der Waals surface area contributed by atoms with Gasteiger partial charge in [0, 0.05) is 46.9 Å². The summed E-state index contributed by atoms with van der Waals surface area (Å²) in [7, 11) is 1.54. The fraction of sp³-hybridized carbons (Fsp3) is 0.844. The van der Waals surface area contributed by atoms with E-state index < -0.39 is 56.0 Å². The summed E-state index contributed by atoms with van der Waals surface area (Å²) in [6.07, 6.45) is -1.98. The Kier molecular flexibility index (Phi) is 75.1. The van der Waals surface area contributed by atoms with E-state index >= 15 is 0 Å². The Morgan fingerprint density at radius 1 is 0.384 bits per heavy atom. The number of alkyl carbamates (subject to hydrolysis) is 2. The number of aliphatic hydroxyl groups is 2. The molecule has 588 valence electrons. The molecule has 0 atom stereocenters. The molecule has 35 heteroatoms. The summed E-state index contributed by atoms with van der Waals surface area (Å²) in [5, 5.41) is 22.2. The van der Waals surface area contributed by atoms with Gasteiger partial charge in [-0.2, -0.15) is 0 Å². The number of hydrogen-bond donors (Lipinski definition) is 5. The second-order valence-corrected chi connectivity index (χ2v) is 26.1. The Hall–Kier alpha value is -4.38. The minimum Gasteiger partial charge on any atom is -0.444 e. The molecule has 0 radical (unpaired) electrons. The van der Waals surface area contributed by atoms with Crippen molar-refractivity contribution < 1.29 is 133 Å². The molecule has 0 aromatic heterocycles. The largest absolute Gasteiger partial charge is 0.519 e. The number of aryl methyl sites for hydroxylation is 1. The van der Waals surface area contributed by atoms with Gasteiger partial charge in [0.15, 0.2) is 0 Å². The summed E-state index contributed by atoms with van der Waals surface area (Å²) < 4.78 is 125. The van der Waals surface area contributed by atoms with Crippen LogP contribution in [0.5, 0.6) is 0 Å². The molecule has 1 aromatic rings. The highest BCUT2D eigenvalue weighted by molar-refractivity contribution is 8.13. The van der Waals surface area contributed by atoms with Crippen molar-refractivity contribution in [2.45, 2.75) is 131 Å². The van der Waals surface area contributed by atoms with E-state index in [-0.39, 0.29) is 18.1 Å². The van der Waals surface area contributed by atoms with Gasteiger partial charge >= 0.3 is 24.5 Å². The van der Waals surface area contributed by atoms with E-state index in [4.69, 9.17) is 127 Å². The third-order valence-corrected chi connectivity index (χ3v) is 11.0. The van der Waals surface area contributed by atoms with Gasteiger partial charge < -0.3 is 121 Å². The number of aliphatic hydroxyl groups excluding tert-OH is 2. The zero-order valence-electron chi connectivity index (χ0n) is 61.5. The molecule has 0 heterocycles. The number of benzene rings is 1. The van der Waals surface area contributed by atoms with Crippen LogP contribution in [0.1, 0.15) is 102 Å². The van der Waals surface area contributed by atoms with Crippen molar-refractivity contribution in [1.82, 2.24) is 10.6 Å². The Morgan fingerprint density at radius 2 is 0.606 bits per heavy atom. The summed E-state index contributed by atoms with van der Waals surface area (Å²) in [6, 6.07) is 6.37. The highest BCUT2D eigenvalue weighted by atomic mass is 35.7. The van der Waals surface area contributed by atoms with Gasteiger partial charge in [0.25, 0.3) is 9.05 Å². The quantitative estimate of drug-likeness (QED) is 0.0153. The lowest BCUT2D eigenvalue weighted by Crippen LogP contribution is -2.34. The molecule has 0 spiro atoms. The lowest BCUT2D eigenvalue weighted by atomic mass is 10.2. The molecule has 6 N–H and O–H groups in total. The maximum absolute atomic E-state index is 11.4. The maximum atomic E-state index is 11.4. The van der Waals surface area contributed by atoms with Crippen LogP contribution in [-0.4, -0.2) is 297 Å². The number of ether oxygens (including phenoxy) is 20. The van der Waals surface area contributed by atoms with Gasteiger partial charge in [-0.25, -0.2) is 27.6 Å². The summed E-state index contributed by atoms with van der Waals surface area (Å²) in [6.45, 7) is 41.6. The van der Waals surface area contributed by atoms with Crippen molar-refractivity contribution in [3.8, 4) is 0 Å². The molecular formula is C64H124ClN3O30S. The molecule has 0 bridgehead atoms. The first kappa shape index (κ1) is 103. The fourth-order valence-electron chi connectivity index (χ4n) is 5.69. The van der Waals surface area contributed by atoms with Crippen LogP contribution in [0.3, 0.4) is 0 Å². The Morgan fingerprint density at radius 3 is 0.818 bits per heavy atom. The molecule has 1 rings (SSSR count). The Balaban J connectivity index is -0.000000380. The third-order valence-electron chi connectivity index (χ3n) is 9.62. The molecule has 33 nitrogen and oxygen atoms in total. The van der Waals surface area contributed by atoms with Crippen LogP contribution < -0.4 is 16.4 Å². The first-order valence-corrected chi connectivity index (χ1v) is 35.0. The SMILES string of the molecule is CC(C)(C)OC(=O)NCCOCCOCCOCCOCCOCCO.CC(C)(C)OC(=O)OC(=O)OC(C)(C)C.CCCOCCOCCOCCOCCOCCNC(=O)OC(C)(C)C.Cc1ccc(S(=O)(=O)Cl)cc1.NCCOCCOCCOCCOCCOCCO.O=O. The van der Waals surface area contributed by atoms with Crippen LogP contribution >= 0.6 is 10.7 Å². The lowest BCUT2D eigenvalue weighted by Gasteiger charge is -2.20. The Bertz CT molecular complexity index is 1960. The van der Waals surface area contributed by atoms with Crippen LogP contribution in [0, 0.1) is 16.9 Å². The molecule has 0 saturated carbocycles. The van der Waals surface area contributed by atoms with Crippen LogP contribution in [-0.2, 0) is 104 Å². The summed E-state index contributed by atoms with van der Waals surface area (Å²) >= 11 is 0. The van der Waals surface area contributed by atoms with E-state index in [1.165, 1.54) is 12.1 Å². The molecule has 0 saturated heterocycles. The average molecular weight is 1480 g/mol. The van der Waals surface area contributed by atoms with Gasteiger partial charge in [-0.05, 0) is 109 Å². The van der Waals surface area contributed by atoms with E-state index in [0.29, 0.717) is 211 Å². The zero-order valence-corrected chi connectivity index (χ0v) is 63.0. The first-order valence-electron chi connectivity index (χ1n) is 32.7. The molecule has 0 aliphatic carbocycles. The van der Waals surface area contributed by atoms with Crippen molar-refractivity contribution in [1.29, 1.82) is 0 Å². The van der Waals surface area contributed by atoms with Crippen LogP contribution in [0.25, 0.3) is 0 Å². The molecule has 0 fully saturated rings. The van der Waals surface area contributed by atoms with Gasteiger partial charge in [-0.3, -0.25) is 0 Å². The monoisotopic (exact) mass is 1480 g/mol. The average Bonchev–Trinajstić information content (AvgIpc) is 0.922. The van der Waals surface area contributed by atoms with E-state index in [1.54, 1.807) is 53.7 Å². The highest BCUT2D eigenvalue weighted by Crippen LogP contribution is 2.15. The topological polar surface area (TPSA) is 412 Å². The van der Waals surface area contributed by atoms with E-state index in [2.05, 4.69) is 22.3 Å². The summed E-state index contributed by atoms with van der Waals surface area (Å²) in [4.78, 5) is 58.9. The van der Waals surface area contributed by atoms with Crippen molar-refractivity contribution in [3.63, 3.8) is 0 Å². The summed E-state index contributed by atoms with van der Waals surface area (Å²) in [5.74, 6) is 0. The molecule has 0 unspecified atom stereocenters. The van der Waals surface area contributed by atoms with E-state index in [0.717, 1.165) is 18.6 Å². The summed E-state index contributed by atoms with van der Waals surface area (Å²) in [5.41, 5.74) is 3.90. The standard InChI is InChI=1S/C18H37NO7.C17H35NO8.C12H27NO6.C10H18O5.C7H7ClO2S.O2/c1-5-7-21-9-11-23-13-15-25-16-14-24-12-10-22-8-6-19-17(20)26-18(2,3)4;1-17(2,3)26-16(20)18-4-6-21-8-10-23-12-14-25-15-13-24-11-9-22-7-5-19;13-1-3-15-5-7-17-9-11-19-12-10-18-8-6-16-4-2-14;1-9(2,3)14-7(11)13-8(12)15-10(4,5)6;1-6-2-4-7(5-3-6)11(8,9)10;1-2/h5-16H2,1-4H3,(H,19,20);19H,4-15H2,1-3H3,(H,18,20);14H,1-13H2;1-6H3;2-5H,1H3;. The van der Waals surface area contributed by atoms with Gasteiger partial charge in [0.2, 0.25) is 0 Å². The number of nitrogens with two attached hydrogens (primary N) is 1. The van der Waals surface area contributed by atoms with Gasteiger partial charge in [-0.1, -0.05) is 24.6 Å². The minimum absolute atomic E-state index is 0.0249. The van der Waals surface area contributed by atoms with Crippen LogP contribution in [0.4, 0.5) is 19.2 Å². The predicted octanol–water partition coefficient (Wildman–Crippen LogP) is 6.47. The number of nitrogens with one attached hydrogen (secondary N) is 2. The van der Waals surface area contributed by atoms with Crippen molar-refractivity contribution in [2.24, 2.45) is 5.73 Å².